The average Bonchev–Trinajstić information content (AvgIpc) is 2.78. The van der Waals surface area contributed by atoms with Crippen molar-refractivity contribution in [2.45, 2.75) is 37.5 Å². The van der Waals surface area contributed by atoms with Crippen molar-refractivity contribution in [3.8, 4) is 0 Å². The number of halogens is 1. The maximum atomic E-state index is 13.1. The first-order valence-electron chi connectivity index (χ1n) is 6.37. The van der Waals surface area contributed by atoms with E-state index in [-0.39, 0.29) is 16.0 Å². The number of hydrogen-bond acceptors (Lipinski definition) is 3. The van der Waals surface area contributed by atoms with E-state index >= 15 is 0 Å². The lowest BCUT2D eigenvalue weighted by Gasteiger charge is -2.23. The van der Waals surface area contributed by atoms with E-state index in [1.807, 2.05) is 0 Å². The summed E-state index contributed by atoms with van der Waals surface area (Å²) < 4.78 is 40.0. The van der Waals surface area contributed by atoms with E-state index in [4.69, 9.17) is 5.73 Å². The van der Waals surface area contributed by atoms with Crippen LogP contribution in [0.4, 0.5) is 10.1 Å². The molecule has 3 N–H and O–H groups in total. The third kappa shape index (κ3) is 3.25. The fraction of sp³-hybridized carbons (Fsp3) is 0.538. The summed E-state index contributed by atoms with van der Waals surface area (Å²) in [6.45, 7) is 2.43. The normalized spacial score (nSPS) is 18.6. The van der Waals surface area contributed by atoms with Crippen LogP contribution >= 0.6 is 0 Å². The fourth-order valence-corrected chi connectivity index (χ4v) is 3.83. The minimum Gasteiger partial charge on any atom is -0.398 e. The SMILES string of the molecule is CC1(CNS(=O)(=O)c2cc(F)ccc2N)CCCC1. The summed E-state index contributed by atoms with van der Waals surface area (Å²) in [5, 5.41) is 0. The molecule has 0 heterocycles. The van der Waals surface area contributed by atoms with Gasteiger partial charge >= 0.3 is 0 Å². The molecule has 6 heteroatoms. The van der Waals surface area contributed by atoms with Crippen molar-refractivity contribution < 1.29 is 12.8 Å². The topological polar surface area (TPSA) is 72.2 Å². The molecule has 0 saturated heterocycles. The van der Waals surface area contributed by atoms with Gasteiger partial charge in [0, 0.05) is 6.54 Å². The van der Waals surface area contributed by atoms with E-state index in [0.29, 0.717) is 6.54 Å². The van der Waals surface area contributed by atoms with E-state index < -0.39 is 15.8 Å². The monoisotopic (exact) mass is 286 g/mol. The molecule has 0 spiro atoms. The molecule has 0 atom stereocenters. The Labute approximate surface area is 113 Å². The van der Waals surface area contributed by atoms with E-state index in [9.17, 15) is 12.8 Å². The van der Waals surface area contributed by atoms with E-state index in [2.05, 4.69) is 11.6 Å². The predicted octanol–water partition coefficient (Wildman–Crippen LogP) is 2.27. The number of hydrogen-bond donors (Lipinski definition) is 2. The highest BCUT2D eigenvalue weighted by atomic mass is 32.2. The van der Waals surface area contributed by atoms with Gasteiger partial charge in [0.15, 0.2) is 0 Å². The van der Waals surface area contributed by atoms with Gasteiger partial charge in [-0.05, 0) is 36.5 Å². The summed E-state index contributed by atoms with van der Waals surface area (Å²) in [6, 6.07) is 3.36. The smallest absolute Gasteiger partial charge is 0.242 e. The molecule has 106 valence electrons. The number of benzene rings is 1. The summed E-state index contributed by atoms with van der Waals surface area (Å²) in [7, 11) is -3.75. The van der Waals surface area contributed by atoms with Crippen LogP contribution < -0.4 is 10.5 Å². The van der Waals surface area contributed by atoms with Crippen LogP contribution in [0.5, 0.6) is 0 Å². The molecule has 1 aromatic carbocycles. The first kappa shape index (κ1) is 14.3. The highest BCUT2D eigenvalue weighted by Gasteiger charge is 2.30. The number of nitrogens with one attached hydrogen (secondary N) is 1. The number of nitrogens with two attached hydrogens (primary N) is 1. The van der Waals surface area contributed by atoms with E-state index in [1.54, 1.807) is 0 Å². The zero-order chi connectivity index (χ0) is 14.1. The molecule has 0 bridgehead atoms. The molecular weight excluding hydrogens is 267 g/mol. The van der Waals surface area contributed by atoms with Crippen molar-refractivity contribution in [2.24, 2.45) is 5.41 Å². The van der Waals surface area contributed by atoms with Crippen molar-refractivity contribution in [1.29, 1.82) is 0 Å². The molecule has 19 heavy (non-hydrogen) atoms. The Balaban J connectivity index is 2.16. The van der Waals surface area contributed by atoms with Gasteiger partial charge in [0.05, 0.1) is 5.69 Å². The average molecular weight is 286 g/mol. The van der Waals surface area contributed by atoms with Gasteiger partial charge < -0.3 is 5.73 Å². The second kappa shape index (κ2) is 5.09. The summed E-state index contributed by atoms with van der Waals surface area (Å²) in [5.74, 6) is -0.610. The highest BCUT2D eigenvalue weighted by molar-refractivity contribution is 7.89. The third-order valence-corrected chi connectivity index (χ3v) is 5.22. The van der Waals surface area contributed by atoms with Gasteiger partial charge in [-0.15, -0.1) is 0 Å². The lowest BCUT2D eigenvalue weighted by atomic mass is 9.89. The van der Waals surface area contributed by atoms with Crippen LogP contribution in [0.15, 0.2) is 23.1 Å². The van der Waals surface area contributed by atoms with Gasteiger partial charge in [-0.2, -0.15) is 0 Å². The predicted molar refractivity (Wildman–Crippen MR) is 72.6 cm³/mol. The van der Waals surface area contributed by atoms with Crippen molar-refractivity contribution in [2.75, 3.05) is 12.3 Å². The van der Waals surface area contributed by atoms with Gasteiger partial charge in [0.25, 0.3) is 0 Å². The van der Waals surface area contributed by atoms with Crippen LogP contribution in [0.3, 0.4) is 0 Å². The molecule has 1 saturated carbocycles. The number of nitrogen functional groups attached to an aromatic ring is 1. The molecule has 1 aliphatic carbocycles. The number of rotatable bonds is 4. The summed E-state index contributed by atoms with van der Waals surface area (Å²) in [4.78, 5) is -0.186. The molecule has 2 rings (SSSR count). The lowest BCUT2D eigenvalue weighted by Crippen LogP contribution is -2.34. The Bertz CT molecular complexity index is 566. The van der Waals surface area contributed by atoms with Crippen LogP contribution in [-0.4, -0.2) is 15.0 Å². The van der Waals surface area contributed by atoms with Crippen molar-refractivity contribution in [1.82, 2.24) is 4.72 Å². The van der Waals surface area contributed by atoms with Crippen LogP contribution in [0.2, 0.25) is 0 Å². The number of anilines is 1. The Morgan fingerprint density at radius 3 is 2.63 bits per heavy atom. The second-order valence-electron chi connectivity index (χ2n) is 5.52. The molecule has 0 aromatic heterocycles. The standard InChI is InChI=1S/C13H19FN2O2S/c1-13(6-2-3-7-13)9-16-19(17,18)12-8-10(14)4-5-11(12)15/h4-5,8,16H,2-3,6-7,9,15H2,1H3. The summed E-state index contributed by atoms with van der Waals surface area (Å²) in [5.41, 5.74) is 5.66. The fourth-order valence-electron chi connectivity index (χ4n) is 2.49. The molecule has 0 unspecified atom stereocenters. The Morgan fingerprint density at radius 1 is 1.37 bits per heavy atom. The first-order chi connectivity index (χ1) is 8.82. The van der Waals surface area contributed by atoms with Gasteiger partial charge in [0.2, 0.25) is 10.0 Å². The van der Waals surface area contributed by atoms with E-state index in [0.717, 1.165) is 37.8 Å². The summed E-state index contributed by atoms with van der Waals surface area (Å²) >= 11 is 0. The van der Waals surface area contributed by atoms with Crippen molar-refractivity contribution in [3.63, 3.8) is 0 Å². The molecule has 0 aliphatic heterocycles. The third-order valence-electron chi connectivity index (χ3n) is 3.76. The van der Waals surface area contributed by atoms with Crippen molar-refractivity contribution in [3.05, 3.63) is 24.0 Å². The lowest BCUT2D eigenvalue weighted by molar-refractivity contribution is 0.336. The molecule has 1 aliphatic rings. The highest BCUT2D eigenvalue weighted by Crippen LogP contribution is 2.37. The zero-order valence-electron chi connectivity index (χ0n) is 10.9. The van der Waals surface area contributed by atoms with E-state index in [1.165, 1.54) is 6.07 Å². The van der Waals surface area contributed by atoms with Crippen LogP contribution in [0.25, 0.3) is 0 Å². The molecule has 1 aromatic rings. The Kier molecular flexibility index (Phi) is 3.82. The van der Waals surface area contributed by atoms with Gasteiger partial charge in [-0.1, -0.05) is 19.8 Å². The minimum atomic E-state index is -3.75. The number of sulfonamides is 1. The molecule has 1 fully saturated rings. The Hall–Kier alpha value is -1.14. The molecule has 4 nitrogen and oxygen atoms in total. The van der Waals surface area contributed by atoms with Gasteiger partial charge in [0.1, 0.15) is 10.7 Å². The van der Waals surface area contributed by atoms with Gasteiger partial charge in [-0.3, -0.25) is 0 Å². The van der Waals surface area contributed by atoms with Crippen LogP contribution in [-0.2, 0) is 10.0 Å². The second-order valence-corrected chi connectivity index (χ2v) is 7.26. The first-order valence-corrected chi connectivity index (χ1v) is 7.85. The molecular formula is C13H19FN2O2S. The minimum absolute atomic E-state index is 0.00480. The molecule has 0 radical (unpaired) electrons. The zero-order valence-corrected chi connectivity index (χ0v) is 11.8. The van der Waals surface area contributed by atoms with Crippen molar-refractivity contribution >= 4 is 15.7 Å². The maximum absolute atomic E-state index is 13.1. The Morgan fingerprint density at radius 2 is 2.00 bits per heavy atom. The molecule has 0 amide bonds. The van der Waals surface area contributed by atoms with Gasteiger partial charge in [-0.25, -0.2) is 17.5 Å². The van der Waals surface area contributed by atoms with Crippen LogP contribution in [0.1, 0.15) is 32.6 Å². The summed E-state index contributed by atoms with van der Waals surface area (Å²) in [6.07, 6.45) is 4.27. The van der Waals surface area contributed by atoms with Crippen LogP contribution in [0, 0.1) is 11.2 Å². The quantitative estimate of drug-likeness (QED) is 0.834. The largest absolute Gasteiger partial charge is 0.398 e. The maximum Gasteiger partial charge on any atom is 0.242 e.